The minimum absolute atomic E-state index is 0.101. The van der Waals surface area contributed by atoms with Crippen LogP contribution < -0.4 is 5.32 Å². The summed E-state index contributed by atoms with van der Waals surface area (Å²) in [5, 5.41) is 12.7. The lowest BCUT2D eigenvalue weighted by Crippen LogP contribution is -1.93. The predicted molar refractivity (Wildman–Crippen MR) is 70.7 cm³/mol. The first kappa shape index (κ1) is 11.3. The zero-order valence-electron chi connectivity index (χ0n) is 9.83. The maximum absolute atomic E-state index is 10.7. The molecule has 5 heteroatoms. The van der Waals surface area contributed by atoms with Crippen molar-refractivity contribution in [2.75, 3.05) is 5.32 Å². The fourth-order valence-corrected chi connectivity index (χ4v) is 1.80. The highest BCUT2D eigenvalue weighted by Gasteiger charge is 2.09. The normalized spacial score (nSPS) is 10.5. The molecule has 2 heterocycles. The number of hydrogen-bond donors (Lipinski definition) is 2. The van der Waals surface area contributed by atoms with Crippen LogP contribution in [0.25, 0.3) is 10.9 Å². The van der Waals surface area contributed by atoms with E-state index in [0.29, 0.717) is 5.88 Å². The summed E-state index contributed by atoms with van der Waals surface area (Å²) in [6.45, 7) is 0. The number of carboxylic acids is 1. The number of furan rings is 1. The van der Waals surface area contributed by atoms with Gasteiger partial charge in [-0.3, -0.25) is 4.98 Å². The number of pyridine rings is 1. The Hall–Kier alpha value is -2.82. The summed E-state index contributed by atoms with van der Waals surface area (Å²) < 4.78 is 5.12. The Balaban J connectivity index is 1.89. The largest absolute Gasteiger partial charge is 0.475 e. The van der Waals surface area contributed by atoms with Crippen molar-refractivity contribution in [1.82, 2.24) is 4.98 Å². The molecule has 19 heavy (non-hydrogen) atoms. The molecule has 0 bridgehead atoms. The number of fused-ring (bicyclic) bond motifs is 1. The molecule has 0 unspecified atom stereocenters. The number of anilines is 2. The number of aromatic nitrogens is 1. The average molecular weight is 254 g/mol. The molecule has 3 aromatic rings. The second-order valence-electron chi connectivity index (χ2n) is 4.01. The van der Waals surface area contributed by atoms with Crippen molar-refractivity contribution < 1.29 is 14.3 Å². The molecular weight excluding hydrogens is 244 g/mol. The standard InChI is InChI=1S/C14H10N2O3/c17-14(18)12-5-6-13(19-12)16-10-7-9-3-1-2-4-11(9)15-8-10/h1-8,16H,(H,17,18). The Morgan fingerprint density at radius 3 is 2.84 bits per heavy atom. The highest BCUT2D eigenvalue weighted by atomic mass is 16.4. The number of aromatic carboxylic acids is 1. The van der Waals surface area contributed by atoms with Crippen LogP contribution in [0.3, 0.4) is 0 Å². The summed E-state index contributed by atoms with van der Waals surface area (Å²) in [6, 6.07) is 12.6. The zero-order valence-corrected chi connectivity index (χ0v) is 9.83. The molecular formula is C14H10N2O3. The van der Waals surface area contributed by atoms with E-state index in [9.17, 15) is 4.79 Å². The van der Waals surface area contributed by atoms with Gasteiger partial charge < -0.3 is 14.8 Å². The van der Waals surface area contributed by atoms with Gasteiger partial charge in [-0.15, -0.1) is 0 Å². The average Bonchev–Trinajstić information content (AvgIpc) is 2.87. The summed E-state index contributed by atoms with van der Waals surface area (Å²) in [6.07, 6.45) is 1.67. The fourth-order valence-electron chi connectivity index (χ4n) is 1.80. The molecule has 2 N–H and O–H groups in total. The molecule has 0 spiro atoms. The van der Waals surface area contributed by atoms with Crippen LogP contribution in [0.1, 0.15) is 10.6 Å². The van der Waals surface area contributed by atoms with Crippen LogP contribution in [0.4, 0.5) is 11.6 Å². The Labute approximate surface area is 108 Å². The van der Waals surface area contributed by atoms with Crippen LogP contribution in [0.15, 0.2) is 53.1 Å². The van der Waals surface area contributed by atoms with Crippen LogP contribution in [0.5, 0.6) is 0 Å². The van der Waals surface area contributed by atoms with Crippen LogP contribution in [-0.4, -0.2) is 16.1 Å². The molecule has 1 aromatic carbocycles. The third-order valence-corrected chi connectivity index (χ3v) is 2.67. The Kier molecular flexibility index (Phi) is 2.64. The van der Waals surface area contributed by atoms with Gasteiger partial charge in [0.1, 0.15) is 0 Å². The summed E-state index contributed by atoms with van der Waals surface area (Å²) >= 11 is 0. The van der Waals surface area contributed by atoms with Gasteiger partial charge in [0.25, 0.3) is 0 Å². The zero-order chi connectivity index (χ0) is 13.2. The van der Waals surface area contributed by atoms with Crippen molar-refractivity contribution in [3.05, 3.63) is 54.4 Å². The molecule has 0 saturated carbocycles. The van der Waals surface area contributed by atoms with E-state index in [2.05, 4.69) is 10.3 Å². The molecule has 2 aromatic heterocycles. The van der Waals surface area contributed by atoms with Crippen LogP contribution in [-0.2, 0) is 0 Å². The molecule has 3 rings (SSSR count). The van der Waals surface area contributed by atoms with E-state index in [1.807, 2.05) is 30.3 Å². The minimum atomic E-state index is -1.09. The number of carbonyl (C=O) groups is 1. The van der Waals surface area contributed by atoms with Crippen molar-refractivity contribution in [2.24, 2.45) is 0 Å². The third kappa shape index (κ3) is 2.26. The summed E-state index contributed by atoms with van der Waals surface area (Å²) in [5.74, 6) is -0.824. The van der Waals surface area contributed by atoms with Gasteiger partial charge in [-0.05, 0) is 18.2 Å². The Morgan fingerprint density at radius 1 is 1.21 bits per heavy atom. The van der Waals surface area contributed by atoms with Crippen molar-refractivity contribution in [1.29, 1.82) is 0 Å². The molecule has 0 aliphatic rings. The smallest absolute Gasteiger partial charge is 0.371 e. The lowest BCUT2D eigenvalue weighted by molar-refractivity contribution is 0.0663. The van der Waals surface area contributed by atoms with Gasteiger partial charge in [-0.2, -0.15) is 0 Å². The highest BCUT2D eigenvalue weighted by Crippen LogP contribution is 2.21. The SMILES string of the molecule is O=C(O)c1ccc(Nc2cnc3ccccc3c2)o1. The first-order chi connectivity index (χ1) is 9.22. The second-order valence-corrected chi connectivity index (χ2v) is 4.01. The van der Waals surface area contributed by atoms with Crippen LogP contribution >= 0.6 is 0 Å². The van der Waals surface area contributed by atoms with E-state index in [4.69, 9.17) is 9.52 Å². The third-order valence-electron chi connectivity index (χ3n) is 2.67. The second kappa shape index (κ2) is 4.45. The van der Waals surface area contributed by atoms with Gasteiger partial charge in [-0.1, -0.05) is 18.2 Å². The molecule has 0 aliphatic carbocycles. The molecule has 0 fully saturated rings. The molecule has 0 atom stereocenters. The van der Waals surface area contributed by atoms with Crippen molar-refractivity contribution in [3.63, 3.8) is 0 Å². The lowest BCUT2D eigenvalue weighted by atomic mass is 10.2. The molecule has 5 nitrogen and oxygen atoms in total. The maximum Gasteiger partial charge on any atom is 0.371 e. The van der Waals surface area contributed by atoms with E-state index in [-0.39, 0.29) is 5.76 Å². The van der Waals surface area contributed by atoms with Crippen molar-refractivity contribution in [2.45, 2.75) is 0 Å². The van der Waals surface area contributed by atoms with E-state index in [0.717, 1.165) is 16.6 Å². The van der Waals surface area contributed by atoms with Crippen LogP contribution in [0.2, 0.25) is 0 Å². The molecule has 0 amide bonds. The number of benzene rings is 1. The quantitative estimate of drug-likeness (QED) is 0.750. The Bertz CT molecular complexity index is 749. The van der Waals surface area contributed by atoms with Gasteiger partial charge in [0.05, 0.1) is 17.4 Å². The van der Waals surface area contributed by atoms with Gasteiger partial charge in [0, 0.05) is 11.5 Å². The molecule has 0 saturated heterocycles. The number of rotatable bonds is 3. The van der Waals surface area contributed by atoms with Gasteiger partial charge in [0.15, 0.2) is 5.88 Å². The number of carboxylic acid groups (broad SMARTS) is 1. The van der Waals surface area contributed by atoms with E-state index < -0.39 is 5.97 Å². The number of hydrogen-bond acceptors (Lipinski definition) is 4. The summed E-state index contributed by atoms with van der Waals surface area (Å²) in [5.41, 5.74) is 1.64. The summed E-state index contributed by atoms with van der Waals surface area (Å²) in [4.78, 5) is 15.0. The van der Waals surface area contributed by atoms with Crippen molar-refractivity contribution in [3.8, 4) is 0 Å². The first-order valence-electron chi connectivity index (χ1n) is 5.67. The maximum atomic E-state index is 10.7. The molecule has 0 radical (unpaired) electrons. The topological polar surface area (TPSA) is 75.4 Å². The van der Waals surface area contributed by atoms with Crippen LogP contribution in [0, 0.1) is 0 Å². The number of para-hydroxylation sites is 1. The first-order valence-corrected chi connectivity index (χ1v) is 5.67. The van der Waals surface area contributed by atoms with Gasteiger partial charge in [0.2, 0.25) is 5.76 Å². The lowest BCUT2D eigenvalue weighted by Gasteiger charge is -2.03. The molecule has 0 aliphatic heterocycles. The van der Waals surface area contributed by atoms with Gasteiger partial charge in [-0.25, -0.2) is 4.79 Å². The van der Waals surface area contributed by atoms with E-state index >= 15 is 0 Å². The van der Waals surface area contributed by atoms with E-state index in [1.54, 1.807) is 12.3 Å². The summed E-state index contributed by atoms with van der Waals surface area (Å²) in [7, 11) is 0. The number of nitrogens with one attached hydrogen (secondary N) is 1. The monoisotopic (exact) mass is 254 g/mol. The van der Waals surface area contributed by atoms with Crippen molar-refractivity contribution >= 4 is 28.4 Å². The van der Waals surface area contributed by atoms with Gasteiger partial charge >= 0.3 is 5.97 Å². The predicted octanol–water partition coefficient (Wildman–Crippen LogP) is 3.27. The molecule has 94 valence electrons. The number of nitrogens with zero attached hydrogens (tertiary/aromatic N) is 1. The fraction of sp³-hybridized carbons (Fsp3) is 0. The highest BCUT2D eigenvalue weighted by molar-refractivity contribution is 5.85. The minimum Gasteiger partial charge on any atom is -0.475 e. The van der Waals surface area contributed by atoms with E-state index in [1.165, 1.54) is 6.07 Å². The Morgan fingerprint density at radius 2 is 2.05 bits per heavy atom.